The molecular weight excluding hydrogens is 399 g/mol. The summed E-state index contributed by atoms with van der Waals surface area (Å²) in [6, 6.07) is 5.91. The predicted octanol–water partition coefficient (Wildman–Crippen LogP) is 3.83. The molecule has 10 heteroatoms. The number of nitrogens with zero attached hydrogens (tertiary/aromatic N) is 4. The van der Waals surface area contributed by atoms with Crippen LogP contribution in [0.5, 0.6) is 0 Å². The molecule has 2 N–H and O–H groups in total. The molecule has 1 aliphatic rings. The van der Waals surface area contributed by atoms with Gasteiger partial charge in [-0.3, -0.25) is 0 Å². The van der Waals surface area contributed by atoms with Gasteiger partial charge in [-0.2, -0.15) is 0 Å². The summed E-state index contributed by atoms with van der Waals surface area (Å²) in [5.74, 6) is -1.48. The first-order valence-electron chi connectivity index (χ1n) is 8.94. The monoisotopic (exact) mass is 416 g/mol. The quantitative estimate of drug-likeness (QED) is 0.669. The number of thiazole rings is 1. The van der Waals surface area contributed by atoms with E-state index < -0.39 is 12.1 Å². The van der Waals surface area contributed by atoms with Gasteiger partial charge in [0.25, 0.3) is 0 Å². The lowest BCUT2D eigenvalue weighted by atomic mass is 10.0. The van der Waals surface area contributed by atoms with Crippen LogP contribution >= 0.6 is 11.3 Å². The molecule has 1 amide bonds. The van der Waals surface area contributed by atoms with Crippen molar-refractivity contribution in [1.29, 1.82) is 0 Å². The van der Waals surface area contributed by atoms with E-state index in [0.29, 0.717) is 47.9 Å². The molecular formula is C19H17FN4O4S. The number of likely N-dealkylation sites (tertiary alicyclic amines) is 1. The maximum absolute atomic E-state index is 13.4. The van der Waals surface area contributed by atoms with E-state index in [2.05, 4.69) is 9.97 Å². The van der Waals surface area contributed by atoms with Gasteiger partial charge in [-0.1, -0.05) is 0 Å². The van der Waals surface area contributed by atoms with Crippen LogP contribution in [0.25, 0.3) is 22.0 Å². The Kier molecular flexibility index (Phi) is 5.01. The SMILES string of the molecule is O=C(O)c1csc(-c2c(-c3ccc(F)cc3)ncn2C2CCN(C(=O)O)CC2)n1. The minimum Gasteiger partial charge on any atom is -0.476 e. The fourth-order valence-electron chi connectivity index (χ4n) is 3.48. The van der Waals surface area contributed by atoms with Gasteiger partial charge in [0.1, 0.15) is 16.5 Å². The zero-order valence-corrected chi connectivity index (χ0v) is 16.0. The van der Waals surface area contributed by atoms with Gasteiger partial charge in [-0.15, -0.1) is 11.3 Å². The fraction of sp³-hybridized carbons (Fsp3) is 0.263. The van der Waals surface area contributed by atoms with Gasteiger partial charge in [-0.05, 0) is 37.1 Å². The van der Waals surface area contributed by atoms with Crippen LogP contribution in [0.4, 0.5) is 9.18 Å². The summed E-state index contributed by atoms with van der Waals surface area (Å²) in [5.41, 5.74) is 1.87. The third-order valence-corrected chi connectivity index (χ3v) is 5.81. The van der Waals surface area contributed by atoms with Crippen LogP contribution in [0.2, 0.25) is 0 Å². The highest BCUT2D eigenvalue weighted by Gasteiger charge is 2.28. The van der Waals surface area contributed by atoms with E-state index in [0.717, 1.165) is 0 Å². The van der Waals surface area contributed by atoms with Gasteiger partial charge < -0.3 is 19.7 Å². The van der Waals surface area contributed by atoms with E-state index in [1.807, 2.05) is 4.57 Å². The third-order valence-electron chi connectivity index (χ3n) is 4.97. The first-order valence-corrected chi connectivity index (χ1v) is 9.82. The molecule has 0 saturated carbocycles. The number of halogens is 1. The summed E-state index contributed by atoms with van der Waals surface area (Å²) in [4.78, 5) is 32.6. The van der Waals surface area contributed by atoms with Crippen LogP contribution in [-0.4, -0.2) is 54.8 Å². The van der Waals surface area contributed by atoms with Gasteiger partial charge in [0.05, 0.1) is 12.0 Å². The molecule has 1 fully saturated rings. The van der Waals surface area contributed by atoms with E-state index in [1.54, 1.807) is 18.5 Å². The molecule has 0 atom stereocenters. The summed E-state index contributed by atoms with van der Waals surface area (Å²) in [6.45, 7) is 0.809. The van der Waals surface area contributed by atoms with E-state index >= 15 is 0 Å². The minimum absolute atomic E-state index is 0.000485. The Hall–Kier alpha value is -3.27. The van der Waals surface area contributed by atoms with Crippen LogP contribution in [0.1, 0.15) is 29.4 Å². The number of aromatic carboxylic acids is 1. The van der Waals surface area contributed by atoms with Crippen molar-refractivity contribution in [2.75, 3.05) is 13.1 Å². The summed E-state index contributed by atoms with van der Waals surface area (Å²) in [5, 5.41) is 20.4. The lowest BCUT2D eigenvalue weighted by Crippen LogP contribution is -2.38. The predicted molar refractivity (Wildman–Crippen MR) is 104 cm³/mol. The molecule has 150 valence electrons. The van der Waals surface area contributed by atoms with Gasteiger partial charge in [0.15, 0.2) is 5.69 Å². The van der Waals surface area contributed by atoms with E-state index in [9.17, 15) is 19.1 Å². The first-order chi connectivity index (χ1) is 13.9. The highest BCUT2D eigenvalue weighted by atomic mass is 32.1. The maximum atomic E-state index is 13.4. The Bertz CT molecular complexity index is 1050. The summed E-state index contributed by atoms with van der Waals surface area (Å²) in [6.07, 6.45) is 1.94. The molecule has 0 unspecified atom stereocenters. The van der Waals surface area contributed by atoms with Crippen molar-refractivity contribution in [3.8, 4) is 22.0 Å². The second-order valence-electron chi connectivity index (χ2n) is 6.70. The van der Waals surface area contributed by atoms with Crippen molar-refractivity contribution in [2.24, 2.45) is 0 Å². The summed E-state index contributed by atoms with van der Waals surface area (Å²) in [7, 11) is 0. The average molecular weight is 416 g/mol. The Morgan fingerprint density at radius 2 is 1.83 bits per heavy atom. The fourth-order valence-corrected chi connectivity index (χ4v) is 4.33. The number of aromatic nitrogens is 3. The Morgan fingerprint density at radius 3 is 2.41 bits per heavy atom. The molecule has 0 radical (unpaired) electrons. The van der Waals surface area contributed by atoms with Gasteiger partial charge in [0.2, 0.25) is 0 Å². The molecule has 0 aliphatic carbocycles. The zero-order chi connectivity index (χ0) is 20.5. The van der Waals surface area contributed by atoms with Crippen molar-refractivity contribution in [2.45, 2.75) is 18.9 Å². The topological polar surface area (TPSA) is 109 Å². The number of hydrogen-bond acceptors (Lipinski definition) is 5. The molecule has 0 spiro atoms. The number of amides is 1. The Balaban J connectivity index is 1.76. The smallest absolute Gasteiger partial charge is 0.407 e. The number of piperidine rings is 1. The van der Waals surface area contributed by atoms with Crippen LogP contribution < -0.4 is 0 Å². The van der Waals surface area contributed by atoms with Crippen molar-refractivity contribution in [3.63, 3.8) is 0 Å². The normalized spacial score (nSPS) is 14.9. The number of imidazole rings is 1. The molecule has 1 aromatic carbocycles. The molecule has 2 aromatic heterocycles. The highest BCUT2D eigenvalue weighted by Crippen LogP contribution is 2.37. The van der Waals surface area contributed by atoms with Crippen LogP contribution in [0.3, 0.4) is 0 Å². The molecule has 1 aliphatic heterocycles. The molecule has 4 rings (SSSR count). The lowest BCUT2D eigenvalue weighted by Gasteiger charge is -2.31. The third kappa shape index (κ3) is 3.70. The lowest BCUT2D eigenvalue weighted by molar-refractivity contribution is 0.0691. The molecule has 29 heavy (non-hydrogen) atoms. The molecule has 0 bridgehead atoms. The van der Waals surface area contributed by atoms with Crippen molar-refractivity contribution in [1.82, 2.24) is 19.4 Å². The van der Waals surface area contributed by atoms with Crippen molar-refractivity contribution < 1.29 is 24.2 Å². The van der Waals surface area contributed by atoms with Crippen LogP contribution in [0, 0.1) is 5.82 Å². The number of carboxylic acids is 1. The first kappa shape index (κ1) is 19.1. The standard InChI is InChI=1S/C19H17FN4O4S/c20-12-3-1-11(2-4-12)15-16(17-22-14(9-29-17)18(25)26)24(10-21-15)13-5-7-23(8-6-13)19(27)28/h1-4,9-10,13H,5-8H2,(H,25,26)(H,27,28). The number of hydrogen-bond donors (Lipinski definition) is 2. The van der Waals surface area contributed by atoms with Gasteiger partial charge >= 0.3 is 12.1 Å². The minimum atomic E-state index is -1.11. The molecule has 8 nitrogen and oxygen atoms in total. The number of carboxylic acid groups (broad SMARTS) is 2. The van der Waals surface area contributed by atoms with Crippen LogP contribution in [0.15, 0.2) is 36.0 Å². The Labute approximate surface area is 168 Å². The number of benzene rings is 1. The zero-order valence-electron chi connectivity index (χ0n) is 15.2. The Morgan fingerprint density at radius 1 is 1.14 bits per heavy atom. The highest BCUT2D eigenvalue weighted by molar-refractivity contribution is 7.13. The number of carbonyl (C=O) groups is 2. The second-order valence-corrected chi connectivity index (χ2v) is 7.56. The molecule has 1 saturated heterocycles. The maximum Gasteiger partial charge on any atom is 0.407 e. The van der Waals surface area contributed by atoms with Crippen molar-refractivity contribution in [3.05, 3.63) is 47.5 Å². The van der Waals surface area contributed by atoms with E-state index in [-0.39, 0.29) is 17.6 Å². The largest absolute Gasteiger partial charge is 0.476 e. The van der Waals surface area contributed by atoms with E-state index in [4.69, 9.17) is 5.11 Å². The summed E-state index contributed by atoms with van der Waals surface area (Å²) < 4.78 is 15.3. The molecule has 3 heterocycles. The van der Waals surface area contributed by atoms with Crippen molar-refractivity contribution >= 4 is 23.4 Å². The second kappa shape index (κ2) is 7.63. The number of rotatable bonds is 4. The van der Waals surface area contributed by atoms with Gasteiger partial charge in [0, 0.05) is 30.1 Å². The average Bonchev–Trinajstić information content (AvgIpc) is 3.36. The van der Waals surface area contributed by atoms with Crippen LogP contribution in [-0.2, 0) is 0 Å². The summed E-state index contributed by atoms with van der Waals surface area (Å²) >= 11 is 1.20. The van der Waals surface area contributed by atoms with Gasteiger partial charge in [-0.25, -0.2) is 23.9 Å². The molecule has 3 aromatic rings. The van der Waals surface area contributed by atoms with E-state index in [1.165, 1.54) is 33.7 Å².